The smallest absolute Gasteiger partial charge is 0.213 e. The van der Waals surface area contributed by atoms with Crippen LogP contribution in [0.2, 0.25) is 0 Å². The molecule has 1 aromatic rings. The molecule has 2 aliphatic rings. The molecular weight excluding hydrogens is 236 g/mol. The zero-order valence-corrected chi connectivity index (χ0v) is 11.3. The lowest BCUT2D eigenvalue weighted by atomic mass is 10.3. The summed E-state index contributed by atoms with van der Waals surface area (Å²) in [6.07, 6.45) is 5.41. The maximum Gasteiger partial charge on any atom is 0.213 e. The molecule has 3 N–H and O–H groups in total. The van der Waals surface area contributed by atoms with Gasteiger partial charge in [-0.2, -0.15) is 0 Å². The second kappa shape index (κ2) is 5.61. The molecule has 4 nitrogen and oxygen atoms in total. The standard InChI is InChI=1S/C15H22N4/c16-18-15(17-14-4-2-1-3-5-14)19(10-12-6-7-12)11-13-8-9-13/h1-5,12-13H,6-11,16H2,(H,17,18). The summed E-state index contributed by atoms with van der Waals surface area (Å²) in [6.45, 7) is 2.18. The Balaban J connectivity index is 1.73. The molecular formula is C15H22N4. The van der Waals surface area contributed by atoms with E-state index in [0.717, 1.165) is 36.6 Å². The summed E-state index contributed by atoms with van der Waals surface area (Å²) in [7, 11) is 0. The quantitative estimate of drug-likeness (QED) is 0.369. The third-order valence-corrected chi connectivity index (χ3v) is 3.77. The summed E-state index contributed by atoms with van der Waals surface area (Å²) in [6, 6.07) is 10.0. The zero-order valence-electron chi connectivity index (χ0n) is 11.3. The summed E-state index contributed by atoms with van der Waals surface area (Å²) in [5, 5.41) is 0. The number of nitrogens with one attached hydrogen (secondary N) is 1. The topological polar surface area (TPSA) is 53.6 Å². The average molecular weight is 258 g/mol. The fourth-order valence-corrected chi connectivity index (χ4v) is 2.29. The van der Waals surface area contributed by atoms with Gasteiger partial charge in [-0.15, -0.1) is 0 Å². The third kappa shape index (κ3) is 3.70. The van der Waals surface area contributed by atoms with Crippen LogP contribution in [0.4, 0.5) is 5.69 Å². The van der Waals surface area contributed by atoms with Crippen molar-refractivity contribution < 1.29 is 0 Å². The molecule has 0 atom stereocenters. The van der Waals surface area contributed by atoms with Gasteiger partial charge in [-0.3, -0.25) is 5.43 Å². The lowest BCUT2D eigenvalue weighted by Gasteiger charge is -2.25. The number of hydrogen-bond acceptors (Lipinski definition) is 2. The number of guanidine groups is 1. The Hall–Kier alpha value is -1.55. The maximum atomic E-state index is 5.69. The molecule has 2 aliphatic carbocycles. The van der Waals surface area contributed by atoms with Crippen molar-refractivity contribution in [3.63, 3.8) is 0 Å². The van der Waals surface area contributed by atoms with Crippen molar-refractivity contribution in [3.8, 4) is 0 Å². The monoisotopic (exact) mass is 258 g/mol. The third-order valence-electron chi connectivity index (χ3n) is 3.77. The van der Waals surface area contributed by atoms with Gasteiger partial charge in [0.05, 0.1) is 5.69 Å². The molecule has 1 aromatic carbocycles. The van der Waals surface area contributed by atoms with Crippen molar-refractivity contribution in [2.75, 3.05) is 13.1 Å². The van der Waals surface area contributed by atoms with Gasteiger partial charge in [0, 0.05) is 13.1 Å². The fourth-order valence-electron chi connectivity index (χ4n) is 2.29. The normalized spacial score (nSPS) is 19.3. The van der Waals surface area contributed by atoms with E-state index in [-0.39, 0.29) is 0 Å². The van der Waals surface area contributed by atoms with Crippen LogP contribution in [0, 0.1) is 11.8 Å². The van der Waals surface area contributed by atoms with E-state index in [2.05, 4.69) is 15.3 Å². The molecule has 0 radical (unpaired) electrons. The van der Waals surface area contributed by atoms with E-state index in [4.69, 9.17) is 5.84 Å². The minimum atomic E-state index is 0.810. The van der Waals surface area contributed by atoms with Crippen molar-refractivity contribution in [2.45, 2.75) is 25.7 Å². The van der Waals surface area contributed by atoms with Gasteiger partial charge < -0.3 is 4.90 Å². The predicted molar refractivity (Wildman–Crippen MR) is 77.9 cm³/mol. The van der Waals surface area contributed by atoms with Gasteiger partial charge in [0.1, 0.15) is 0 Å². The number of aliphatic imine (C=N–C) groups is 1. The van der Waals surface area contributed by atoms with Crippen LogP contribution >= 0.6 is 0 Å². The summed E-state index contributed by atoms with van der Waals surface area (Å²) >= 11 is 0. The van der Waals surface area contributed by atoms with Crippen LogP contribution in [0.25, 0.3) is 0 Å². The summed E-state index contributed by atoms with van der Waals surface area (Å²) in [5.41, 5.74) is 3.74. The van der Waals surface area contributed by atoms with Gasteiger partial charge in [0.15, 0.2) is 0 Å². The Morgan fingerprint density at radius 3 is 2.16 bits per heavy atom. The molecule has 4 heteroatoms. The minimum absolute atomic E-state index is 0.810. The molecule has 2 saturated carbocycles. The maximum absolute atomic E-state index is 5.69. The summed E-state index contributed by atoms with van der Waals surface area (Å²) in [4.78, 5) is 6.98. The lowest BCUT2D eigenvalue weighted by molar-refractivity contribution is 0.370. The van der Waals surface area contributed by atoms with Crippen molar-refractivity contribution in [1.82, 2.24) is 10.3 Å². The number of nitrogens with zero attached hydrogens (tertiary/aromatic N) is 2. The zero-order chi connectivity index (χ0) is 13.1. The first-order chi connectivity index (χ1) is 9.35. The molecule has 0 aromatic heterocycles. The fraction of sp³-hybridized carbons (Fsp3) is 0.533. The second-order valence-corrected chi connectivity index (χ2v) is 5.71. The molecule has 102 valence electrons. The molecule has 3 rings (SSSR count). The highest BCUT2D eigenvalue weighted by atomic mass is 15.4. The number of benzene rings is 1. The number of hydrogen-bond donors (Lipinski definition) is 2. The Labute approximate surface area is 114 Å². The first-order valence-corrected chi connectivity index (χ1v) is 7.20. The van der Waals surface area contributed by atoms with E-state index >= 15 is 0 Å². The Bertz CT molecular complexity index is 421. The molecule has 0 saturated heterocycles. The van der Waals surface area contributed by atoms with Gasteiger partial charge in [-0.1, -0.05) is 18.2 Å². The van der Waals surface area contributed by atoms with Crippen LogP contribution in [0.1, 0.15) is 25.7 Å². The van der Waals surface area contributed by atoms with Crippen molar-refractivity contribution in [3.05, 3.63) is 30.3 Å². The van der Waals surface area contributed by atoms with E-state index < -0.39 is 0 Å². The number of rotatable bonds is 5. The van der Waals surface area contributed by atoms with Gasteiger partial charge in [0.25, 0.3) is 0 Å². The molecule has 0 heterocycles. The highest BCUT2D eigenvalue weighted by Crippen LogP contribution is 2.33. The van der Waals surface area contributed by atoms with E-state index in [1.165, 1.54) is 25.7 Å². The first-order valence-electron chi connectivity index (χ1n) is 7.20. The van der Waals surface area contributed by atoms with Crippen molar-refractivity contribution in [2.24, 2.45) is 22.7 Å². The van der Waals surface area contributed by atoms with Gasteiger partial charge in [-0.05, 0) is 49.7 Å². The van der Waals surface area contributed by atoms with Crippen LogP contribution in [-0.2, 0) is 0 Å². The summed E-state index contributed by atoms with van der Waals surface area (Å²) in [5.74, 6) is 8.18. The van der Waals surface area contributed by atoms with Crippen molar-refractivity contribution >= 4 is 11.6 Å². The van der Waals surface area contributed by atoms with Gasteiger partial charge in [-0.25, -0.2) is 10.8 Å². The lowest BCUT2D eigenvalue weighted by Crippen LogP contribution is -2.46. The Morgan fingerprint density at radius 2 is 1.68 bits per heavy atom. The Morgan fingerprint density at radius 1 is 1.11 bits per heavy atom. The molecule has 0 amide bonds. The highest BCUT2D eigenvalue weighted by molar-refractivity contribution is 5.82. The number of para-hydroxylation sites is 1. The molecule has 0 bridgehead atoms. The Kier molecular flexibility index (Phi) is 3.69. The highest BCUT2D eigenvalue weighted by Gasteiger charge is 2.30. The number of nitrogens with two attached hydrogens (primary N) is 1. The van der Waals surface area contributed by atoms with Gasteiger partial charge >= 0.3 is 0 Å². The molecule has 2 fully saturated rings. The molecule has 0 aliphatic heterocycles. The van der Waals surface area contributed by atoms with E-state index in [1.54, 1.807) is 0 Å². The average Bonchev–Trinajstić information content (AvgIpc) is 3.32. The molecule has 0 unspecified atom stereocenters. The van der Waals surface area contributed by atoms with E-state index in [1.807, 2.05) is 30.3 Å². The van der Waals surface area contributed by atoms with Crippen LogP contribution < -0.4 is 11.3 Å². The summed E-state index contributed by atoms with van der Waals surface area (Å²) < 4.78 is 0. The predicted octanol–water partition coefficient (Wildman–Crippen LogP) is 2.26. The van der Waals surface area contributed by atoms with Crippen LogP contribution in [-0.4, -0.2) is 23.9 Å². The van der Waals surface area contributed by atoms with Gasteiger partial charge in [0.2, 0.25) is 5.96 Å². The van der Waals surface area contributed by atoms with Crippen molar-refractivity contribution in [1.29, 1.82) is 0 Å². The second-order valence-electron chi connectivity index (χ2n) is 5.71. The SMILES string of the molecule is NNC(=Nc1ccccc1)N(CC1CC1)CC1CC1. The minimum Gasteiger partial charge on any atom is -0.341 e. The van der Waals surface area contributed by atoms with Crippen LogP contribution in [0.3, 0.4) is 0 Å². The van der Waals surface area contributed by atoms with E-state index in [9.17, 15) is 0 Å². The first kappa shape index (κ1) is 12.5. The molecule has 0 spiro atoms. The largest absolute Gasteiger partial charge is 0.341 e. The van der Waals surface area contributed by atoms with Crippen LogP contribution in [0.15, 0.2) is 35.3 Å². The molecule has 19 heavy (non-hydrogen) atoms. The number of hydrazine groups is 1. The van der Waals surface area contributed by atoms with Crippen LogP contribution in [0.5, 0.6) is 0 Å². The van der Waals surface area contributed by atoms with E-state index in [0.29, 0.717) is 0 Å².